The maximum atomic E-state index is 12.4. The first-order chi connectivity index (χ1) is 12.2. The number of rotatable bonds is 4. The minimum absolute atomic E-state index is 0.0502. The molecule has 2 amide bonds. The van der Waals surface area contributed by atoms with E-state index in [0.717, 1.165) is 36.5 Å². The van der Waals surface area contributed by atoms with Crippen molar-refractivity contribution in [1.29, 1.82) is 0 Å². The predicted octanol–water partition coefficient (Wildman–Crippen LogP) is 3.69. The third kappa shape index (κ3) is 3.35. The summed E-state index contributed by atoms with van der Waals surface area (Å²) in [5.74, 6) is -0.324. The fraction of sp³-hybridized carbons (Fsp3) is 0.235. The number of carbonyl (C=O) groups is 2. The molecular weight excluding hydrogens is 356 g/mol. The highest BCUT2D eigenvalue weighted by molar-refractivity contribution is 7.16. The van der Waals surface area contributed by atoms with Crippen LogP contribution in [0, 0.1) is 0 Å². The monoisotopic (exact) mass is 372 g/mol. The highest BCUT2D eigenvalue weighted by Crippen LogP contribution is 2.28. The number of carbonyl (C=O) groups excluding carboxylic acids is 2. The Labute approximate surface area is 152 Å². The SMILES string of the molecule is O=C(Nc1nc(-c2cccs2)cs1)c1c[nH]c(C(=O)N2CCCC2)c1. The van der Waals surface area contributed by atoms with Gasteiger partial charge in [0.1, 0.15) is 5.69 Å². The van der Waals surface area contributed by atoms with Gasteiger partial charge in [-0.05, 0) is 30.4 Å². The molecule has 0 unspecified atom stereocenters. The molecule has 1 aliphatic heterocycles. The van der Waals surface area contributed by atoms with Crippen LogP contribution in [0.15, 0.2) is 35.2 Å². The number of nitrogens with zero attached hydrogens (tertiary/aromatic N) is 2. The Balaban J connectivity index is 1.44. The van der Waals surface area contributed by atoms with E-state index in [-0.39, 0.29) is 11.8 Å². The maximum Gasteiger partial charge on any atom is 0.270 e. The van der Waals surface area contributed by atoms with Crippen molar-refractivity contribution in [2.75, 3.05) is 18.4 Å². The normalized spacial score (nSPS) is 14.0. The van der Waals surface area contributed by atoms with Crippen LogP contribution in [0.25, 0.3) is 10.6 Å². The van der Waals surface area contributed by atoms with Crippen LogP contribution in [-0.2, 0) is 0 Å². The average Bonchev–Trinajstić information content (AvgIpc) is 3.42. The van der Waals surface area contributed by atoms with Crippen LogP contribution < -0.4 is 5.32 Å². The third-order valence-corrected chi connectivity index (χ3v) is 5.72. The Morgan fingerprint density at radius 3 is 2.84 bits per heavy atom. The molecule has 3 aromatic heterocycles. The van der Waals surface area contributed by atoms with E-state index in [2.05, 4.69) is 15.3 Å². The van der Waals surface area contributed by atoms with Crippen molar-refractivity contribution in [2.45, 2.75) is 12.8 Å². The van der Waals surface area contributed by atoms with Crippen LogP contribution in [0.3, 0.4) is 0 Å². The smallest absolute Gasteiger partial charge is 0.270 e. The molecule has 0 saturated carbocycles. The van der Waals surface area contributed by atoms with E-state index in [1.807, 2.05) is 27.8 Å². The lowest BCUT2D eigenvalue weighted by atomic mass is 10.3. The summed E-state index contributed by atoms with van der Waals surface area (Å²) < 4.78 is 0. The van der Waals surface area contributed by atoms with Gasteiger partial charge in [-0.1, -0.05) is 6.07 Å². The second-order valence-electron chi connectivity index (χ2n) is 5.77. The van der Waals surface area contributed by atoms with Gasteiger partial charge in [0.15, 0.2) is 5.13 Å². The fourth-order valence-electron chi connectivity index (χ4n) is 2.78. The van der Waals surface area contributed by atoms with E-state index < -0.39 is 0 Å². The summed E-state index contributed by atoms with van der Waals surface area (Å²) in [6, 6.07) is 5.56. The lowest BCUT2D eigenvalue weighted by molar-refractivity contribution is 0.0787. The van der Waals surface area contributed by atoms with Gasteiger partial charge >= 0.3 is 0 Å². The molecule has 2 N–H and O–H groups in total. The highest BCUT2D eigenvalue weighted by atomic mass is 32.1. The van der Waals surface area contributed by atoms with E-state index in [4.69, 9.17) is 0 Å². The van der Waals surface area contributed by atoms with Gasteiger partial charge in [-0.15, -0.1) is 22.7 Å². The van der Waals surface area contributed by atoms with Crippen LogP contribution in [0.1, 0.15) is 33.7 Å². The van der Waals surface area contributed by atoms with E-state index in [1.165, 1.54) is 11.3 Å². The number of nitrogens with one attached hydrogen (secondary N) is 2. The van der Waals surface area contributed by atoms with Crippen molar-refractivity contribution >= 4 is 39.6 Å². The molecule has 0 bridgehead atoms. The zero-order valence-electron chi connectivity index (χ0n) is 13.3. The molecule has 0 radical (unpaired) electrons. The van der Waals surface area contributed by atoms with Crippen LogP contribution >= 0.6 is 22.7 Å². The summed E-state index contributed by atoms with van der Waals surface area (Å²) in [4.78, 5) is 34.9. The number of anilines is 1. The molecule has 3 aromatic rings. The third-order valence-electron chi connectivity index (χ3n) is 4.07. The molecule has 1 fully saturated rings. The molecule has 1 aliphatic rings. The van der Waals surface area contributed by atoms with Gasteiger partial charge in [0.2, 0.25) is 0 Å². The van der Waals surface area contributed by atoms with Crippen molar-refractivity contribution < 1.29 is 9.59 Å². The number of thiazole rings is 1. The minimum Gasteiger partial charge on any atom is -0.356 e. The molecule has 0 atom stereocenters. The van der Waals surface area contributed by atoms with Crippen LogP contribution in [0.4, 0.5) is 5.13 Å². The first-order valence-electron chi connectivity index (χ1n) is 7.99. The zero-order valence-corrected chi connectivity index (χ0v) is 15.0. The number of H-pyrrole nitrogens is 1. The Hall–Kier alpha value is -2.45. The van der Waals surface area contributed by atoms with E-state index in [9.17, 15) is 9.59 Å². The molecule has 1 saturated heterocycles. The van der Waals surface area contributed by atoms with Gasteiger partial charge in [0.05, 0.1) is 16.1 Å². The summed E-state index contributed by atoms with van der Waals surface area (Å²) in [5, 5.41) is 7.24. The van der Waals surface area contributed by atoms with Gasteiger partial charge in [-0.2, -0.15) is 0 Å². The van der Waals surface area contributed by atoms with Gasteiger partial charge < -0.3 is 9.88 Å². The molecule has 6 nitrogen and oxygen atoms in total. The predicted molar refractivity (Wildman–Crippen MR) is 99.3 cm³/mol. The van der Waals surface area contributed by atoms with Gasteiger partial charge in [-0.25, -0.2) is 4.98 Å². The summed E-state index contributed by atoms with van der Waals surface area (Å²) in [6.07, 6.45) is 3.64. The molecule has 0 aromatic carbocycles. The molecule has 0 spiro atoms. The Morgan fingerprint density at radius 1 is 1.24 bits per heavy atom. The van der Waals surface area contributed by atoms with Gasteiger partial charge in [0, 0.05) is 24.7 Å². The first kappa shape index (κ1) is 16.0. The zero-order chi connectivity index (χ0) is 17.2. The number of amides is 2. The van der Waals surface area contributed by atoms with Crippen molar-refractivity contribution in [3.05, 3.63) is 46.4 Å². The van der Waals surface area contributed by atoms with Crippen molar-refractivity contribution in [3.8, 4) is 10.6 Å². The Bertz CT molecular complexity index is 892. The minimum atomic E-state index is -0.274. The average molecular weight is 372 g/mol. The summed E-state index contributed by atoms with van der Waals surface area (Å²) in [6.45, 7) is 1.56. The molecule has 128 valence electrons. The maximum absolute atomic E-state index is 12.4. The summed E-state index contributed by atoms with van der Waals surface area (Å²) in [7, 11) is 0. The quantitative estimate of drug-likeness (QED) is 0.733. The van der Waals surface area contributed by atoms with Crippen LogP contribution in [-0.4, -0.2) is 39.8 Å². The number of thiophene rings is 1. The summed E-state index contributed by atoms with van der Waals surface area (Å²) >= 11 is 2.99. The largest absolute Gasteiger partial charge is 0.356 e. The van der Waals surface area contributed by atoms with Crippen molar-refractivity contribution in [1.82, 2.24) is 14.9 Å². The Morgan fingerprint density at radius 2 is 2.08 bits per heavy atom. The molecule has 25 heavy (non-hydrogen) atoms. The van der Waals surface area contributed by atoms with Crippen LogP contribution in [0.2, 0.25) is 0 Å². The number of hydrogen-bond donors (Lipinski definition) is 2. The second-order valence-corrected chi connectivity index (χ2v) is 7.58. The molecule has 4 rings (SSSR count). The van der Waals surface area contributed by atoms with Gasteiger partial charge in [-0.3, -0.25) is 14.9 Å². The molecule has 0 aliphatic carbocycles. The lowest BCUT2D eigenvalue weighted by Gasteiger charge is -2.13. The fourth-order valence-corrected chi connectivity index (χ4v) is 4.24. The number of hydrogen-bond acceptors (Lipinski definition) is 5. The molecule has 4 heterocycles. The first-order valence-corrected chi connectivity index (χ1v) is 9.75. The molecular formula is C17H16N4O2S2. The number of likely N-dealkylation sites (tertiary alicyclic amines) is 1. The van der Waals surface area contributed by atoms with Crippen molar-refractivity contribution in [3.63, 3.8) is 0 Å². The molecule has 8 heteroatoms. The van der Waals surface area contributed by atoms with E-state index in [0.29, 0.717) is 16.4 Å². The topological polar surface area (TPSA) is 78.1 Å². The van der Waals surface area contributed by atoms with Crippen molar-refractivity contribution in [2.24, 2.45) is 0 Å². The number of aromatic amines is 1. The lowest BCUT2D eigenvalue weighted by Crippen LogP contribution is -2.27. The number of aromatic nitrogens is 2. The van der Waals surface area contributed by atoms with E-state index >= 15 is 0 Å². The van der Waals surface area contributed by atoms with E-state index in [1.54, 1.807) is 23.6 Å². The van der Waals surface area contributed by atoms with Crippen LogP contribution in [0.5, 0.6) is 0 Å². The standard InChI is InChI=1S/C17H16N4O2S2/c22-15(20-17-19-13(10-25-17)14-4-3-7-24-14)11-8-12(18-9-11)16(23)21-5-1-2-6-21/h3-4,7-10,18H,1-2,5-6H2,(H,19,20,22). The highest BCUT2D eigenvalue weighted by Gasteiger charge is 2.22. The summed E-state index contributed by atoms with van der Waals surface area (Å²) in [5.41, 5.74) is 1.73. The Kier molecular flexibility index (Phi) is 4.37. The second kappa shape index (κ2) is 6.81. The van der Waals surface area contributed by atoms with Gasteiger partial charge in [0.25, 0.3) is 11.8 Å².